The number of aryl methyl sites for hydroxylation is 4. The maximum absolute atomic E-state index is 14.4. The highest BCUT2D eigenvalue weighted by Gasteiger charge is 2.18. The summed E-state index contributed by atoms with van der Waals surface area (Å²) in [7, 11) is 0. The first kappa shape index (κ1) is 75.8. The van der Waals surface area contributed by atoms with Crippen molar-refractivity contribution in [3.8, 4) is 11.5 Å². The van der Waals surface area contributed by atoms with Gasteiger partial charge >= 0.3 is 5.97 Å². The van der Waals surface area contributed by atoms with Gasteiger partial charge in [-0.2, -0.15) is 0 Å². The fourth-order valence-electron chi connectivity index (χ4n) is 12.9. The standard InChI is InChI=1S/C79H142O3/c1-5-9-13-17-21-25-29-33-35-37-41-43-47-51-55-59-63-72-67-68-77(73(69-72)64-60-56-52-48-44-42-38-36-34-30-26-22-18-14-10-6-2)82-79(81)76-70-74(65-61-57-53-49-45-39-31-27-23-19-15-11-7-3)78(80)75(71-76)66-62-58-54-50-46-40-32-28-24-20-16-12-8-4/h67-71,80H,5-66H2,1-4H3. The van der Waals surface area contributed by atoms with Crippen molar-refractivity contribution in [2.45, 2.75) is 426 Å². The van der Waals surface area contributed by atoms with E-state index in [0.717, 1.165) is 61.8 Å². The molecule has 0 aliphatic heterocycles. The van der Waals surface area contributed by atoms with Gasteiger partial charge in [0.25, 0.3) is 0 Å². The van der Waals surface area contributed by atoms with Crippen LogP contribution in [0.1, 0.15) is 433 Å². The lowest BCUT2D eigenvalue weighted by atomic mass is 9.95. The molecule has 82 heavy (non-hydrogen) atoms. The summed E-state index contributed by atoms with van der Waals surface area (Å²) in [4.78, 5) is 14.4. The fraction of sp³-hybridized carbons (Fsp3) is 0.835. The van der Waals surface area contributed by atoms with Gasteiger partial charge in [0.05, 0.1) is 5.56 Å². The molecule has 0 aliphatic carbocycles. The summed E-state index contributed by atoms with van der Waals surface area (Å²) in [5, 5.41) is 11.8. The quantitative estimate of drug-likeness (QED) is 0.0408. The number of unbranched alkanes of at least 4 members (excludes halogenated alkanes) is 54. The molecule has 2 aromatic carbocycles. The third-order valence-electron chi connectivity index (χ3n) is 18.5. The van der Waals surface area contributed by atoms with Gasteiger partial charge in [-0.15, -0.1) is 0 Å². The lowest BCUT2D eigenvalue weighted by Crippen LogP contribution is -2.12. The number of carbonyl (C=O) groups excluding carboxylic acids is 1. The minimum atomic E-state index is -0.267. The maximum Gasteiger partial charge on any atom is 0.343 e. The third-order valence-corrected chi connectivity index (χ3v) is 18.5. The Morgan fingerprint density at radius 1 is 0.280 bits per heavy atom. The van der Waals surface area contributed by atoms with Gasteiger partial charge in [-0.05, 0) is 91.8 Å². The summed E-state index contributed by atoms with van der Waals surface area (Å²) in [5.74, 6) is 0.903. The maximum atomic E-state index is 14.4. The van der Waals surface area contributed by atoms with Crippen molar-refractivity contribution in [2.24, 2.45) is 0 Å². The summed E-state index contributed by atoms with van der Waals surface area (Å²) < 4.78 is 6.47. The van der Waals surface area contributed by atoms with Crippen LogP contribution in [0.5, 0.6) is 11.5 Å². The predicted molar refractivity (Wildman–Crippen MR) is 365 cm³/mol. The van der Waals surface area contributed by atoms with Crippen molar-refractivity contribution in [2.75, 3.05) is 0 Å². The molecule has 0 spiro atoms. The van der Waals surface area contributed by atoms with Crippen molar-refractivity contribution in [1.82, 2.24) is 0 Å². The number of phenols is 1. The number of benzene rings is 2. The van der Waals surface area contributed by atoms with Crippen LogP contribution < -0.4 is 4.74 Å². The molecule has 2 aromatic rings. The smallest absolute Gasteiger partial charge is 0.343 e. The number of esters is 1. The van der Waals surface area contributed by atoms with E-state index in [1.807, 2.05) is 12.1 Å². The van der Waals surface area contributed by atoms with Crippen LogP contribution in [0.4, 0.5) is 0 Å². The minimum absolute atomic E-state index is 0.267. The van der Waals surface area contributed by atoms with Crippen LogP contribution in [0.3, 0.4) is 0 Å². The van der Waals surface area contributed by atoms with E-state index in [1.54, 1.807) is 0 Å². The number of aromatic hydroxyl groups is 1. The molecule has 1 N–H and O–H groups in total. The normalized spacial score (nSPS) is 11.6. The molecule has 0 amide bonds. The summed E-state index contributed by atoms with van der Waals surface area (Å²) >= 11 is 0. The zero-order valence-electron chi connectivity index (χ0n) is 56.0. The largest absolute Gasteiger partial charge is 0.507 e. The second-order valence-corrected chi connectivity index (χ2v) is 26.6. The van der Waals surface area contributed by atoms with Crippen LogP contribution in [0, 0.1) is 0 Å². The Morgan fingerprint density at radius 2 is 0.500 bits per heavy atom. The highest BCUT2D eigenvalue weighted by Crippen LogP contribution is 2.31. The van der Waals surface area contributed by atoms with Crippen molar-refractivity contribution in [1.29, 1.82) is 0 Å². The van der Waals surface area contributed by atoms with Crippen LogP contribution in [0.2, 0.25) is 0 Å². The Labute approximate surface area is 513 Å². The molecular weight excluding hydrogens is 997 g/mol. The van der Waals surface area contributed by atoms with Crippen molar-refractivity contribution in [3.63, 3.8) is 0 Å². The molecule has 0 heterocycles. The zero-order chi connectivity index (χ0) is 58.7. The van der Waals surface area contributed by atoms with E-state index in [9.17, 15) is 9.90 Å². The van der Waals surface area contributed by atoms with E-state index in [4.69, 9.17) is 4.74 Å². The fourth-order valence-corrected chi connectivity index (χ4v) is 12.9. The van der Waals surface area contributed by atoms with Gasteiger partial charge in [0.2, 0.25) is 0 Å². The number of phenolic OH excluding ortho intramolecular Hbond substituents is 1. The highest BCUT2D eigenvalue weighted by molar-refractivity contribution is 5.92. The van der Waals surface area contributed by atoms with Crippen molar-refractivity contribution >= 4 is 5.97 Å². The minimum Gasteiger partial charge on any atom is -0.507 e. The monoisotopic (exact) mass is 1140 g/mol. The topological polar surface area (TPSA) is 46.5 Å². The first-order valence-electron chi connectivity index (χ1n) is 37.7. The van der Waals surface area contributed by atoms with Crippen LogP contribution in [0.15, 0.2) is 30.3 Å². The van der Waals surface area contributed by atoms with Crippen LogP contribution in [-0.2, 0) is 25.7 Å². The summed E-state index contributed by atoms with van der Waals surface area (Å²) in [6.45, 7) is 9.21. The van der Waals surface area contributed by atoms with E-state index in [-0.39, 0.29) is 5.97 Å². The molecule has 0 atom stereocenters. The Balaban J connectivity index is 2.02. The molecule has 0 saturated heterocycles. The van der Waals surface area contributed by atoms with Gasteiger partial charge in [0.15, 0.2) is 0 Å². The molecule has 0 radical (unpaired) electrons. The number of hydrogen-bond donors (Lipinski definition) is 1. The average molecular weight is 1140 g/mol. The predicted octanol–water partition coefficient (Wildman–Crippen LogP) is 27.5. The molecule has 3 heteroatoms. The number of rotatable bonds is 64. The lowest BCUT2D eigenvalue weighted by molar-refractivity contribution is 0.0732. The molecule has 3 nitrogen and oxygen atoms in total. The van der Waals surface area contributed by atoms with Gasteiger partial charge < -0.3 is 9.84 Å². The number of carbonyl (C=O) groups is 1. The van der Waals surface area contributed by atoms with Gasteiger partial charge in [-0.3, -0.25) is 0 Å². The highest BCUT2D eigenvalue weighted by atomic mass is 16.5. The number of ether oxygens (including phenoxy) is 1. The molecule has 0 aromatic heterocycles. The Morgan fingerprint density at radius 3 is 0.756 bits per heavy atom. The first-order chi connectivity index (χ1) is 40.5. The van der Waals surface area contributed by atoms with Crippen LogP contribution in [-0.4, -0.2) is 11.1 Å². The molecule has 2 rings (SSSR count). The molecule has 0 saturated carbocycles. The molecule has 0 unspecified atom stereocenters. The molecule has 0 fully saturated rings. The second-order valence-electron chi connectivity index (χ2n) is 26.6. The third kappa shape index (κ3) is 45.1. The lowest BCUT2D eigenvalue weighted by Gasteiger charge is -2.15. The van der Waals surface area contributed by atoms with Gasteiger partial charge in [-0.1, -0.05) is 387 Å². The molecule has 0 aliphatic rings. The van der Waals surface area contributed by atoms with E-state index in [1.165, 1.54) is 364 Å². The van der Waals surface area contributed by atoms with Gasteiger partial charge in [-0.25, -0.2) is 4.79 Å². The van der Waals surface area contributed by atoms with Gasteiger partial charge in [0, 0.05) is 0 Å². The Bertz CT molecular complexity index is 1610. The first-order valence-corrected chi connectivity index (χ1v) is 37.7. The van der Waals surface area contributed by atoms with E-state index < -0.39 is 0 Å². The Hall–Kier alpha value is -2.29. The second kappa shape index (κ2) is 59.1. The summed E-state index contributed by atoms with van der Waals surface area (Å²) in [6.07, 6.45) is 82.3. The molecule has 476 valence electrons. The van der Waals surface area contributed by atoms with Gasteiger partial charge in [0.1, 0.15) is 11.5 Å². The SMILES string of the molecule is CCCCCCCCCCCCCCCCCCc1ccc(OC(=O)c2cc(CCCCCCCCCCCCCCC)c(O)c(CCCCCCCCCCCCCCC)c2)c(CCCCCCCCCCCCCCCCCC)c1. The average Bonchev–Trinajstić information content (AvgIpc) is 3.66. The molecular formula is C79H142O3. The zero-order valence-corrected chi connectivity index (χ0v) is 56.0. The molecule has 0 bridgehead atoms. The van der Waals surface area contributed by atoms with Crippen molar-refractivity contribution < 1.29 is 14.6 Å². The summed E-state index contributed by atoms with van der Waals surface area (Å²) in [6, 6.07) is 10.7. The van der Waals surface area contributed by atoms with Crippen LogP contribution >= 0.6 is 0 Å². The Kier molecular flexibility index (Phi) is 54.6. The van der Waals surface area contributed by atoms with E-state index in [2.05, 4.69) is 45.9 Å². The van der Waals surface area contributed by atoms with E-state index >= 15 is 0 Å². The number of hydrogen-bond acceptors (Lipinski definition) is 3. The summed E-state index contributed by atoms with van der Waals surface area (Å²) in [5.41, 5.74) is 5.07. The van der Waals surface area contributed by atoms with Crippen molar-refractivity contribution in [3.05, 3.63) is 58.1 Å². The van der Waals surface area contributed by atoms with Crippen LogP contribution in [0.25, 0.3) is 0 Å². The van der Waals surface area contributed by atoms with E-state index in [0.29, 0.717) is 11.3 Å².